The molecule has 8 heteroatoms. The Bertz CT molecular complexity index is 812. The number of carbonyl (C=O) groups is 1. The molecule has 0 aliphatic carbocycles. The number of halogens is 1. The molecule has 0 saturated carbocycles. The Morgan fingerprint density at radius 1 is 1.32 bits per heavy atom. The van der Waals surface area contributed by atoms with Crippen molar-refractivity contribution in [1.29, 1.82) is 0 Å². The molecule has 0 spiro atoms. The summed E-state index contributed by atoms with van der Waals surface area (Å²) >= 11 is 7.30. The van der Waals surface area contributed by atoms with Crippen molar-refractivity contribution in [3.63, 3.8) is 0 Å². The highest BCUT2D eigenvalue weighted by Crippen LogP contribution is 2.29. The van der Waals surface area contributed by atoms with Crippen molar-refractivity contribution in [2.45, 2.75) is 0 Å². The van der Waals surface area contributed by atoms with E-state index in [4.69, 9.17) is 11.6 Å². The predicted octanol–water partition coefficient (Wildman–Crippen LogP) is 2.95. The van der Waals surface area contributed by atoms with Crippen molar-refractivity contribution in [2.75, 3.05) is 0 Å². The van der Waals surface area contributed by atoms with Crippen LogP contribution < -0.4 is 5.43 Å². The largest absolute Gasteiger partial charge is 0.291 e. The van der Waals surface area contributed by atoms with Gasteiger partial charge in [-0.25, -0.2) is 5.43 Å². The van der Waals surface area contributed by atoms with Crippen LogP contribution >= 0.6 is 22.9 Å². The van der Waals surface area contributed by atoms with E-state index < -0.39 is 5.91 Å². The Kier molecular flexibility index (Phi) is 4.27. The molecule has 1 amide bonds. The van der Waals surface area contributed by atoms with Crippen LogP contribution in [0.5, 0.6) is 0 Å². The molecule has 6 nitrogen and oxygen atoms in total. The Morgan fingerprint density at radius 2 is 2.14 bits per heavy atom. The molecule has 22 heavy (non-hydrogen) atoms. The third-order valence-corrected chi connectivity index (χ3v) is 4.00. The van der Waals surface area contributed by atoms with Gasteiger partial charge in [0, 0.05) is 12.4 Å². The van der Waals surface area contributed by atoms with Crippen LogP contribution in [-0.4, -0.2) is 27.3 Å². The van der Waals surface area contributed by atoms with E-state index in [1.165, 1.54) is 17.6 Å². The van der Waals surface area contributed by atoms with Gasteiger partial charge < -0.3 is 0 Å². The number of amides is 1. The highest BCUT2D eigenvalue weighted by atomic mass is 35.5. The minimum atomic E-state index is -0.393. The van der Waals surface area contributed by atoms with Crippen LogP contribution in [0.3, 0.4) is 0 Å². The fourth-order valence-electron chi connectivity index (χ4n) is 1.70. The van der Waals surface area contributed by atoms with E-state index in [1.807, 2.05) is 6.07 Å². The normalized spacial score (nSPS) is 11.0. The van der Waals surface area contributed by atoms with Gasteiger partial charge in [-0.3, -0.25) is 14.9 Å². The summed E-state index contributed by atoms with van der Waals surface area (Å²) in [5.74, 6) is -0.393. The average Bonchev–Trinajstić information content (AvgIpc) is 3.17. The Labute approximate surface area is 134 Å². The summed E-state index contributed by atoms with van der Waals surface area (Å²) in [6.07, 6.45) is 4.83. The summed E-state index contributed by atoms with van der Waals surface area (Å²) in [6, 6.07) is 8.87. The van der Waals surface area contributed by atoms with Crippen LogP contribution in [0, 0.1) is 0 Å². The molecule has 0 radical (unpaired) electrons. The summed E-state index contributed by atoms with van der Waals surface area (Å²) in [7, 11) is 0. The second-order valence-electron chi connectivity index (χ2n) is 4.25. The molecule has 3 heterocycles. The first-order chi connectivity index (χ1) is 10.7. The third-order valence-electron chi connectivity index (χ3n) is 2.73. The lowest BCUT2D eigenvalue weighted by Gasteiger charge is -1.94. The number of aromatic amines is 1. The first-order valence-corrected chi connectivity index (χ1v) is 7.46. The van der Waals surface area contributed by atoms with E-state index in [1.54, 1.807) is 36.7 Å². The SMILES string of the molecule is O=C(NN=Cc1ccncc1)c1cc(-c2ccc(Cl)s2)[nH]n1. The first kappa shape index (κ1) is 14.4. The molecule has 3 aromatic rings. The van der Waals surface area contributed by atoms with E-state index >= 15 is 0 Å². The topological polar surface area (TPSA) is 83.0 Å². The minimum Gasteiger partial charge on any atom is -0.276 e. The van der Waals surface area contributed by atoms with Gasteiger partial charge in [-0.1, -0.05) is 11.6 Å². The van der Waals surface area contributed by atoms with E-state index in [0.717, 1.165) is 16.1 Å². The number of pyridine rings is 1. The van der Waals surface area contributed by atoms with Crippen LogP contribution in [0.1, 0.15) is 16.1 Å². The smallest absolute Gasteiger partial charge is 0.276 e. The Morgan fingerprint density at radius 3 is 2.86 bits per heavy atom. The molecule has 3 rings (SSSR count). The Hall–Kier alpha value is -2.51. The maximum Gasteiger partial charge on any atom is 0.291 e. The predicted molar refractivity (Wildman–Crippen MR) is 86.2 cm³/mol. The molecule has 0 atom stereocenters. The summed E-state index contributed by atoms with van der Waals surface area (Å²) in [5, 5.41) is 10.7. The zero-order chi connectivity index (χ0) is 15.4. The molecule has 0 unspecified atom stereocenters. The monoisotopic (exact) mass is 331 g/mol. The summed E-state index contributed by atoms with van der Waals surface area (Å²) in [4.78, 5) is 16.8. The lowest BCUT2D eigenvalue weighted by atomic mass is 10.3. The molecule has 0 aliphatic rings. The van der Waals surface area contributed by atoms with Crippen LogP contribution in [0.15, 0.2) is 47.8 Å². The lowest BCUT2D eigenvalue weighted by Crippen LogP contribution is -2.17. The van der Waals surface area contributed by atoms with Gasteiger partial charge in [-0.05, 0) is 35.9 Å². The summed E-state index contributed by atoms with van der Waals surface area (Å²) < 4.78 is 0.678. The first-order valence-electron chi connectivity index (χ1n) is 6.27. The number of thiophene rings is 1. The van der Waals surface area contributed by atoms with Crippen molar-refractivity contribution >= 4 is 35.1 Å². The molecule has 0 aliphatic heterocycles. The van der Waals surface area contributed by atoms with Crippen LogP contribution in [-0.2, 0) is 0 Å². The van der Waals surface area contributed by atoms with Gasteiger partial charge in [0.05, 0.1) is 21.1 Å². The molecular weight excluding hydrogens is 322 g/mol. The van der Waals surface area contributed by atoms with Crippen molar-refractivity contribution in [3.05, 3.63) is 58.3 Å². The van der Waals surface area contributed by atoms with Crippen molar-refractivity contribution in [3.8, 4) is 10.6 Å². The van der Waals surface area contributed by atoms with Gasteiger partial charge in [0.15, 0.2) is 5.69 Å². The van der Waals surface area contributed by atoms with Crippen molar-refractivity contribution in [1.82, 2.24) is 20.6 Å². The van der Waals surface area contributed by atoms with Gasteiger partial charge in [-0.15, -0.1) is 11.3 Å². The maximum absolute atomic E-state index is 11.9. The van der Waals surface area contributed by atoms with Gasteiger partial charge in [0.2, 0.25) is 0 Å². The average molecular weight is 332 g/mol. The quantitative estimate of drug-likeness (QED) is 0.569. The molecule has 0 bridgehead atoms. The number of nitrogens with one attached hydrogen (secondary N) is 2. The van der Waals surface area contributed by atoms with E-state index in [-0.39, 0.29) is 5.69 Å². The van der Waals surface area contributed by atoms with Crippen LogP contribution in [0.4, 0.5) is 0 Å². The standard InChI is InChI=1S/C14H10ClN5OS/c15-13-2-1-12(22-13)10-7-11(19-18-10)14(21)20-17-8-9-3-5-16-6-4-9/h1-8H,(H,18,19)(H,20,21). The number of carbonyl (C=O) groups excluding carboxylic acids is 1. The molecule has 0 fully saturated rings. The molecular formula is C14H10ClN5OS. The number of H-pyrrole nitrogens is 1. The van der Waals surface area contributed by atoms with E-state index in [2.05, 4.69) is 25.7 Å². The molecule has 110 valence electrons. The number of rotatable bonds is 4. The van der Waals surface area contributed by atoms with Crippen LogP contribution in [0.25, 0.3) is 10.6 Å². The van der Waals surface area contributed by atoms with Crippen LogP contribution in [0.2, 0.25) is 4.34 Å². The number of hydrogen-bond donors (Lipinski definition) is 2. The van der Waals surface area contributed by atoms with E-state index in [9.17, 15) is 4.79 Å². The second kappa shape index (κ2) is 6.50. The van der Waals surface area contributed by atoms with Crippen molar-refractivity contribution < 1.29 is 4.79 Å². The highest BCUT2D eigenvalue weighted by molar-refractivity contribution is 7.19. The lowest BCUT2D eigenvalue weighted by molar-refractivity contribution is 0.0950. The fraction of sp³-hybridized carbons (Fsp3) is 0. The van der Waals surface area contributed by atoms with Gasteiger partial charge in [0.1, 0.15) is 0 Å². The maximum atomic E-state index is 11.9. The Balaban J connectivity index is 1.66. The number of hydrazone groups is 1. The van der Waals surface area contributed by atoms with Gasteiger partial charge >= 0.3 is 0 Å². The van der Waals surface area contributed by atoms with E-state index in [0.29, 0.717) is 4.34 Å². The summed E-state index contributed by atoms with van der Waals surface area (Å²) in [5.41, 5.74) is 4.25. The number of aromatic nitrogens is 3. The zero-order valence-corrected chi connectivity index (χ0v) is 12.7. The minimum absolute atomic E-state index is 0.256. The fourth-order valence-corrected chi connectivity index (χ4v) is 2.70. The third kappa shape index (κ3) is 3.38. The molecule has 0 saturated heterocycles. The van der Waals surface area contributed by atoms with Gasteiger partial charge in [-0.2, -0.15) is 10.2 Å². The molecule has 2 N–H and O–H groups in total. The van der Waals surface area contributed by atoms with Gasteiger partial charge in [0.25, 0.3) is 5.91 Å². The van der Waals surface area contributed by atoms with Crippen molar-refractivity contribution in [2.24, 2.45) is 5.10 Å². The molecule has 3 aromatic heterocycles. The molecule has 0 aromatic carbocycles. The highest BCUT2D eigenvalue weighted by Gasteiger charge is 2.11. The number of hydrogen-bond acceptors (Lipinski definition) is 5. The number of nitrogens with zero attached hydrogens (tertiary/aromatic N) is 3. The second-order valence-corrected chi connectivity index (χ2v) is 5.97. The zero-order valence-electron chi connectivity index (χ0n) is 11.2. The summed E-state index contributed by atoms with van der Waals surface area (Å²) in [6.45, 7) is 0.